The van der Waals surface area contributed by atoms with Crippen LogP contribution in [0.5, 0.6) is 0 Å². The van der Waals surface area contributed by atoms with E-state index in [9.17, 15) is 0 Å². The number of nitrogens with zero attached hydrogens (tertiary/aromatic N) is 2. The molecule has 0 amide bonds. The van der Waals surface area contributed by atoms with E-state index in [1.54, 1.807) is 7.11 Å². The van der Waals surface area contributed by atoms with E-state index in [0.29, 0.717) is 11.7 Å². The maximum absolute atomic E-state index is 5.51. The van der Waals surface area contributed by atoms with Crippen LogP contribution in [0, 0.1) is 0 Å². The van der Waals surface area contributed by atoms with Gasteiger partial charge in [0.15, 0.2) is 5.82 Å². The van der Waals surface area contributed by atoms with Gasteiger partial charge in [0.25, 0.3) is 5.89 Å². The van der Waals surface area contributed by atoms with Crippen LogP contribution in [0.2, 0.25) is 0 Å². The number of alkyl halides is 1. The van der Waals surface area contributed by atoms with Gasteiger partial charge in [0, 0.05) is 7.11 Å². The van der Waals surface area contributed by atoms with Crippen LogP contribution in [0.4, 0.5) is 0 Å². The molecule has 0 spiro atoms. The van der Waals surface area contributed by atoms with Gasteiger partial charge >= 0.3 is 0 Å². The van der Waals surface area contributed by atoms with Crippen LogP contribution in [-0.4, -0.2) is 17.3 Å². The first-order valence-electron chi connectivity index (χ1n) is 3.54. The molecule has 0 atom stereocenters. The largest absolute Gasteiger partial charge is 0.369 e. The van der Waals surface area contributed by atoms with Crippen LogP contribution in [0.3, 0.4) is 0 Å². The summed E-state index contributed by atoms with van der Waals surface area (Å²) in [5, 5.41) is 3.65. The smallest absolute Gasteiger partial charge is 0.258 e. The van der Waals surface area contributed by atoms with Gasteiger partial charge in [-0.3, -0.25) is 0 Å². The topological polar surface area (TPSA) is 48.2 Å². The summed E-state index contributed by atoms with van der Waals surface area (Å²) in [6.45, 7) is 3.69. The number of methoxy groups -OCH3 is 1. The highest BCUT2D eigenvalue weighted by Crippen LogP contribution is 2.21. The van der Waals surface area contributed by atoms with E-state index in [1.165, 1.54) is 0 Å². The summed E-state index contributed by atoms with van der Waals surface area (Å²) in [7, 11) is 1.59. The molecule has 0 aliphatic rings. The van der Waals surface area contributed by atoms with Crippen molar-refractivity contribution in [3.63, 3.8) is 0 Å². The Morgan fingerprint density at radius 2 is 2.25 bits per heavy atom. The molecule has 0 saturated carbocycles. The fourth-order valence-electron chi connectivity index (χ4n) is 0.640. The van der Waals surface area contributed by atoms with Crippen molar-refractivity contribution in [1.29, 1.82) is 0 Å². The van der Waals surface area contributed by atoms with Crippen LogP contribution in [-0.2, 0) is 16.2 Å². The van der Waals surface area contributed by atoms with Gasteiger partial charge < -0.3 is 9.26 Å². The van der Waals surface area contributed by atoms with E-state index in [2.05, 4.69) is 10.1 Å². The molecule has 0 radical (unpaired) electrons. The van der Waals surface area contributed by atoms with Gasteiger partial charge in [-0.1, -0.05) is 5.16 Å². The van der Waals surface area contributed by atoms with Gasteiger partial charge in [0.2, 0.25) is 0 Å². The molecule has 68 valence electrons. The molecule has 5 heteroatoms. The lowest BCUT2D eigenvalue weighted by atomic mass is 10.1. The van der Waals surface area contributed by atoms with Gasteiger partial charge in [-0.2, -0.15) is 4.98 Å². The highest BCUT2D eigenvalue weighted by molar-refractivity contribution is 6.16. The van der Waals surface area contributed by atoms with Crippen molar-refractivity contribution in [2.75, 3.05) is 7.11 Å². The van der Waals surface area contributed by atoms with Gasteiger partial charge in [0.1, 0.15) is 5.60 Å². The summed E-state index contributed by atoms with van der Waals surface area (Å²) >= 11 is 5.51. The first-order chi connectivity index (χ1) is 5.60. The summed E-state index contributed by atoms with van der Waals surface area (Å²) in [6.07, 6.45) is 0. The lowest BCUT2D eigenvalue weighted by Gasteiger charge is -2.16. The third-order valence-electron chi connectivity index (χ3n) is 1.61. The molecule has 0 saturated heterocycles. The summed E-state index contributed by atoms with van der Waals surface area (Å²) in [5.41, 5.74) is -0.544. The lowest BCUT2D eigenvalue weighted by molar-refractivity contribution is -0.00786. The SMILES string of the molecule is COC(C)(C)c1nc(CCl)no1. The predicted molar refractivity (Wildman–Crippen MR) is 43.9 cm³/mol. The van der Waals surface area contributed by atoms with Gasteiger partial charge in [-0.25, -0.2) is 0 Å². The van der Waals surface area contributed by atoms with Crippen molar-refractivity contribution in [2.45, 2.75) is 25.3 Å². The van der Waals surface area contributed by atoms with Crippen LogP contribution in [0.15, 0.2) is 4.52 Å². The predicted octanol–water partition coefficient (Wildman–Crippen LogP) is 1.69. The molecule has 1 aromatic heterocycles. The number of hydrogen-bond acceptors (Lipinski definition) is 4. The molecule has 1 rings (SSSR count). The first kappa shape index (κ1) is 9.48. The minimum Gasteiger partial charge on any atom is -0.369 e. The van der Waals surface area contributed by atoms with E-state index in [-0.39, 0.29) is 5.88 Å². The second-order valence-corrected chi connectivity index (χ2v) is 3.13. The summed E-state index contributed by atoms with van der Waals surface area (Å²) in [5.74, 6) is 1.18. The zero-order valence-corrected chi connectivity index (χ0v) is 8.05. The Hall–Kier alpha value is -0.610. The molecule has 0 bridgehead atoms. The highest BCUT2D eigenvalue weighted by Gasteiger charge is 2.26. The fourth-order valence-corrected chi connectivity index (χ4v) is 0.749. The minimum atomic E-state index is -0.544. The Morgan fingerprint density at radius 3 is 2.67 bits per heavy atom. The van der Waals surface area contributed by atoms with Gasteiger partial charge in [0.05, 0.1) is 5.88 Å². The normalized spacial score (nSPS) is 12.0. The third kappa shape index (κ3) is 1.76. The average molecular weight is 191 g/mol. The molecule has 4 nitrogen and oxygen atoms in total. The fraction of sp³-hybridized carbons (Fsp3) is 0.714. The third-order valence-corrected chi connectivity index (χ3v) is 1.85. The number of rotatable bonds is 3. The maximum atomic E-state index is 5.51. The van der Waals surface area contributed by atoms with Crippen molar-refractivity contribution in [3.05, 3.63) is 11.7 Å². The van der Waals surface area contributed by atoms with Crippen molar-refractivity contribution in [2.24, 2.45) is 0 Å². The molecule has 1 heterocycles. The Kier molecular flexibility index (Phi) is 2.69. The molecule has 1 aromatic rings. The first-order valence-corrected chi connectivity index (χ1v) is 4.08. The van der Waals surface area contributed by atoms with E-state index >= 15 is 0 Å². The van der Waals surface area contributed by atoms with E-state index in [4.69, 9.17) is 20.9 Å². The number of ether oxygens (including phenoxy) is 1. The molecule has 0 fully saturated rings. The number of aromatic nitrogens is 2. The molecular formula is C7H11ClN2O2. The van der Waals surface area contributed by atoms with Gasteiger partial charge in [-0.05, 0) is 13.8 Å². The molecule has 0 aliphatic heterocycles. The standard InChI is InChI=1S/C7H11ClN2O2/c1-7(2,11-3)6-9-5(4-8)10-12-6/h4H2,1-3H3. The van der Waals surface area contributed by atoms with Crippen LogP contribution in [0.25, 0.3) is 0 Å². The number of halogens is 1. The van der Waals surface area contributed by atoms with E-state index in [0.717, 1.165) is 0 Å². The van der Waals surface area contributed by atoms with Crippen LogP contribution in [0.1, 0.15) is 25.6 Å². The molecular weight excluding hydrogens is 180 g/mol. The highest BCUT2D eigenvalue weighted by atomic mass is 35.5. The van der Waals surface area contributed by atoms with Crippen molar-refractivity contribution < 1.29 is 9.26 Å². The Balaban J connectivity index is 2.88. The molecule has 0 aliphatic carbocycles. The summed E-state index contributed by atoms with van der Waals surface area (Å²) in [6, 6.07) is 0. The quantitative estimate of drug-likeness (QED) is 0.681. The number of hydrogen-bond donors (Lipinski definition) is 0. The molecule has 0 N–H and O–H groups in total. The molecule has 12 heavy (non-hydrogen) atoms. The Bertz CT molecular complexity index is 260. The Morgan fingerprint density at radius 1 is 1.58 bits per heavy atom. The second kappa shape index (κ2) is 3.41. The monoisotopic (exact) mass is 190 g/mol. The zero-order valence-electron chi connectivity index (χ0n) is 7.30. The van der Waals surface area contributed by atoms with Crippen LogP contribution >= 0.6 is 11.6 Å². The van der Waals surface area contributed by atoms with E-state index < -0.39 is 5.60 Å². The Labute approximate surface area is 75.9 Å². The summed E-state index contributed by atoms with van der Waals surface area (Å²) in [4.78, 5) is 4.04. The molecule has 0 aromatic carbocycles. The van der Waals surface area contributed by atoms with Crippen molar-refractivity contribution >= 4 is 11.6 Å². The maximum Gasteiger partial charge on any atom is 0.258 e. The molecule has 0 unspecified atom stereocenters. The minimum absolute atomic E-state index is 0.253. The second-order valence-electron chi connectivity index (χ2n) is 2.86. The van der Waals surface area contributed by atoms with E-state index in [1.807, 2.05) is 13.8 Å². The zero-order chi connectivity index (χ0) is 9.19. The van der Waals surface area contributed by atoms with Gasteiger partial charge in [-0.15, -0.1) is 11.6 Å². The van der Waals surface area contributed by atoms with Crippen molar-refractivity contribution in [3.8, 4) is 0 Å². The average Bonchev–Trinajstić information content (AvgIpc) is 2.52. The summed E-state index contributed by atoms with van der Waals surface area (Å²) < 4.78 is 10.1. The van der Waals surface area contributed by atoms with Crippen LogP contribution < -0.4 is 0 Å². The van der Waals surface area contributed by atoms with Crippen molar-refractivity contribution in [1.82, 2.24) is 10.1 Å². The lowest BCUT2D eigenvalue weighted by Crippen LogP contribution is -2.19.